The summed E-state index contributed by atoms with van der Waals surface area (Å²) in [6, 6.07) is 4.24. The molecule has 0 radical (unpaired) electrons. The molecule has 0 saturated carbocycles. The Morgan fingerprint density at radius 2 is 2.24 bits per heavy atom. The van der Waals surface area contributed by atoms with Crippen molar-refractivity contribution in [1.82, 2.24) is 14.9 Å². The van der Waals surface area contributed by atoms with Gasteiger partial charge in [0.25, 0.3) is 5.91 Å². The smallest absolute Gasteiger partial charge is 0.258 e. The van der Waals surface area contributed by atoms with Gasteiger partial charge in [-0.1, -0.05) is 17.7 Å². The van der Waals surface area contributed by atoms with Gasteiger partial charge in [-0.15, -0.1) is 0 Å². The maximum atomic E-state index is 13.8. The largest absolute Gasteiger partial charge is 0.334 e. The van der Waals surface area contributed by atoms with E-state index in [0.29, 0.717) is 25.3 Å². The van der Waals surface area contributed by atoms with Crippen molar-refractivity contribution in [3.8, 4) is 0 Å². The average molecular weight is 306 g/mol. The van der Waals surface area contributed by atoms with Gasteiger partial charge in [-0.2, -0.15) is 0 Å². The number of hydrogen-bond acceptors (Lipinski definition) is 3. The lowest BCUT2D eigenvalue weighted by atomic mass is 10.1. The molecule has 1 aliphatic heterocycles. The SMILES string of the molecule is Cc1ncc2c(n1)CCN(C(=O)c1c(F)cccc1Cl)C2. The molecule has 0 aliphatic carbocycles. The topological polar surface area (TPSA) is 46.1 Å². The first kappa shape index (κ1) is 13.9. The van der Waals surface area contributed by atoms with Crippen molar-refractivity contribution in [2.45, 2.75) is 19.9 Å². The minimum Gasteiger partial charge on any atom is -0.334 e. The van der Waals surface area contributed by atoms with Gasteiger partial charge in [0.05, 0.1) is 16.3 Å². The molecular formula is C15H13ClFN3O. The minimum absolute atomic E-state index is 0.0735. The molecule has 6 heteroatoms. The number of amides is 1. The number of carbonyl (C=O) groups excluding carboxylic acids is 1. The molecule has 0 spiro atoms. The lowest BCUT2D eigenvalue weighted by molar-refractivity contribution is 0.0728. The molecule has 1 aliphatic rings. The first-order valence-electron chi connectivity index (χ1n) is 6.61. The number of aryl methyl sites for hydroxylation is 1. The molecule has 1 aromatic heterocycles. The van der Waals surface area contributed by atoms with Crippen LogP contribution in [0.3, 0.4) is 0 Å². The monoisotopic (exact) mass is 305 g/mol. The van der Waals surface area contributed by atoms with Gasteiger partial charge in [0.1, 0.15) is 11.6 Å². The molecule has 0 saturated heterocycles. The second-order valence-electron chi connectivity index (χ2n) is 4.96. The summed E-state index contributed by atoms with van der Waals surface area (Å²) in [4.78, 5) is 22.6. The van der Waals surface area contributed by atoms with Gasteiger partial charge in [-0.25, -0.2) is 14.4 Å². The van der Waals surface area contributed by atoms with Crippen LogP contribution in [0.25, 0.3) is 0 Å². The lowest BCUT2D eigenvalue weighted by Gasteiger charge is -2.28. The van der Waals surface area contributed by atoms with Crippen molar-refractivity contribution in [2.75, 3.05) is 6.54 Å². The zero-order valence-corrected chi connectivity index (χ0v) is 12.2. The fourth-order valence-electron chi connectivity index (χ4n) is 2.45. The quantitative estimate of drug-likeness (QED) is 0.814. The van der Waals surface area contributed by atoms with Crippen molar-refractivity contribution in [2.24, 2.45) is 0 Å². The van der Waals surface area contributed by atoms with E-state index in [0.717, 1.165) is 11.3 Å². The van der Waals surface area contributed by atoms with Crippen LogP contribution in [0.5, 0.6) is 0 Å². The summed E-state index contributed by atoms with van der Waals surface area (Å²) < 4.78 is 13.8. The van der Waals surface area contributed by atoms with Gasteiger partial charge in [-0.3, -0.25) is 4.79 Å². The Morgan fingerprint density at radius 3 is 3.00 bits per heavy atom. The summed E-state index contributed by atoms with van der Waals surface area (Å²) in [6.45, 7) is 2.70. The summed E-state index contributed by atoms with van der Waals surface area (Å²) in [5, 5.41) is 0.131. The van der Waals surface area contributed by atoms with E-state index in [-0.39, 0.29) is 10.6 Å². The molecule has 3 rings (SSSR count). The van der Waals surface area contributed by atoms with Crippen LogP contribution in [0.1, 0.15) is 27.4 Å². The van der Waals surface area contributed by atoms with Crippen LogP contribution in [-0.2, 0) is 13.0 Å². The van der Waals surface area contributed by atoms with Crippen LogP contribution in [0.15, 0.2) is 24.4 Å². The Labute approximate surface area is 126 Å². The summed E-state index contributed by atoms with van der Waals surface area (Å²) in [5.74, 6) is -0.284. The van der Waals surface area contributed by atoms with Gasteiger partial charge in [0.2, 0.25) is 0 Å². The predicted molar refractivity (Wildman–Crippen MR) is 76.6 cm³/mol. The number of hydrogen-bond donors (Lipinski definition) is 0. The Bertz CT molecular complexity index is 700. The first-order chi connectivity index (χ1) is 10.1. The van der Waals surface area contributed by atoms with E-state index in [9.17, 15) is 9.18 Å². The van der Waals surface area contributed by atoms with Crippen molar-refractivity contribution >= 4 is 17.5 Å². The molecule has 108 valence electrons. The number of rotatable bonds is 1. The van der Waals surface area contributed by atoms with Crippen LogP contribution in [0, 0.1) is 12.7 Å². The fraction of sp³-hybridized carbons (Fsp3) is 0.267. The van der Waals surface area contributed by atoms with Gasteiger partial charge in [0, 0.05) is 31.3 Å². The molecule has 0 fully saturated rings. The number of nitrogens with zero attached hydrogens (tertiary/aromatic N) is 3. The highest BCUT2D eigenvalue weighted by molar-refractivity contribution is 6.33. The molecule has 1 amide bonds. The number of benzene rings is 1. The molecule has 2 heterocycles. The van der Waals surface area contributed by atoms with Gasteiger partial charge in [0.15, 0.2) is 0 Å². The molecule has 0 bridgehead atoms. The second kappa shape index (κ2) is 5.41. The fourth-order valence-corrected chi connectivity index (χ4v) is 2.69. The maximum absolute atomic E-state index is 13.8. The van der Waals surface area contributed by atoms with E-state index in [2.05, 4.69) is 9.97 Å². The van der Waals surface area contributed by atoms with Crippen molar-refractivity contribution < 1.29 is 9.18 Å². The normalized spacial score (nSPS) is 14.0. The summed E-state index contributed by atoms with van der Waals surface area (Å²) in [7, 11) is 0. The molecule has 21 heavy (non-hydrogen) atoms. The predicted octanol–water partition coefficient (Wildman–Crippen LogP) is 2.78. The summed E-state index contributed by atoms with van der Waals surface area (Å²) in [6.07, 6.45) is 2.36. The Morgan fingerprint density at radius 1 is 1.43 bits per heavy atom. The van der Waals surface area contributed by atoms with Crippen molar-refractivity contribution in [3.05, 3.63) is 57.9 Å². The van der Waals surface area contributed by atoms with Crippen molar-refractivity contribution in [1.29, 1.82) is 0 Å². The zero-order valence-electron chi connectivity index (χ0n) is 11.4. The van der Waals surface area contributed by atoms with E-state index >= 15 is 0 Å². The third-order valence-corrected chi connectivity index (χ3v) is 3.83. The highest BCUT2D eigenvalue weighted by Crippen LogP contribution is 2.24. The first-order valence-corrected chi connectivity index (χ1v) is 6.98. The maximum Gasteiger partial charge on any atom is 0.258 e. The molecule has 0 atom stereocenters. The Hall–Kier alpha value is -2.01. The van der Waals surface area contributed by atoms with Crippen LogP contribution < -0.4 is 0 Å². The molecule has 2 aromatic rings. The molecule has 0 unspecified atom stereocenters. The molecule has 4 nitrogen and oxygen atoms in total. The van der Waals surface area contributed by atoms with E-state index in [1.165, 1.54) is 18.2 Å². The lowest BCUT2D eigenvalue weighted by Crippen LogP contribution is -2.37. The number of carbonyl (C=O) groups is 1. The number of aromatic nitrogens is 2. The standard InChI is InChI=1S/C15H13ClFN3O/c1-9-18-7-10-8-20(6-5-13(10)19-9)15(21)14-11(16)3-2-4-12(14)17/h2-4,7H,5-6,8H2,1H3. The Balaban J connectivity index is 1.89. The molecule has 1 aromatic carbocycles. The van der Waals surface area contributed by atoms with Gasteiger partial charge in [-0.05, 0) is 19.1 Å². The summed E-state index contributed by atoms with van der Waals surface area (Å²) >= 11 is 5.95. The van der Waals surface area contributed by atoms with E-state index in [4.69, 9.17) is 11.6 Å². The summed E-state index contributed by atoms with van der Waals surface area (Å²) in [5.41, 5.74) is 1.77. The highest BCUT2D eigenvalue weighted by atomic mass is 35.5. The van der Waals surface area contributed by atoms with E-state index in [1.807, 2.05) is 6.92 Å². The molecular weight excluding hydrogens is 293 g/mol. The van der Waals surface area contributed by atoms with Gasteiger partial charge < -0.3 is 4.90 Å². The van der Waals surface area contributed by atoms with E-state index in [1.54, 1.807) is 11.1 Å². The van der Waals surface area contributed by atoms with Gasteiger partial charge >= 0.3 is 0 Å². The number of halogens is 2. The second-order valence-corrected chi connectivity index (χ2v) is 5.37. The number of fused-ring (bicyclic) bond motifs is 1. The third kappa shape index (κ3) is 2.61. The third-order valence-electron chi connectivity index (χ3n) is 3.52. The minimum atomic E-state index is -0.599. The van der Waals surface area contributed by atoms with Crippen LogP contribution in [-0.4, -0.2) is 27.3 Å². The zero-order chi connectivity index (χ0) is 15.0. The van der Waals surface area contributed by atoms with Crippen LogP contribution >= 0.6 is 11.6 Å². The highest BCUT2D eigenvalue weighted by Gasteiger charge is 2.26. The van der Waals surface area contributed by atoms with E-state index < -0.39 is 11.7 Å². The molecule has 0 N–H and O–H groups in total. The average Bonchev–Trinajstić information content (AvgIpc) is 2.46. The van der Waals surface area contributed by atoms with Crippen LogP contribution in [0.2, 0.25) is 5.02 Å². The van der Waals surface area contributed by atoms with Crippen molar-refractivity contribution in [3.63, 3.8) is 0 Å². The van der Waals surface area contributed by atoms with Crippen LogP contribution in [0.4, 0.5) is 4.39 Å². The Kier molecular flexibility index (Phi) is 3.59.